The molecule has 1 unspecified atom stereocenters. The maximum atomic E-state index is 12.5. The fourth-order valence-corrected chi connectivity index (χ4v) is 2.65. The first kappa shape index (κ1) is 12.6. The first-order valence-electron chi connectivity index (χ1n) is 6.62. The number of hydrogen-bond acceptors (Lipinski definition) is 3. The molecule has 0 radical (unpaired) electrons. The van der Waals surface area contributed by atoms with E-state index in [-0.39, 0.29) is 5.91 Å². The number of carbonyl (C=O) groups excluding carboxylic acids is 2. The van der Waals surface area contributed by atoms with E-state index < -0.39 is 11.9 Å². The first-order valence-corrected chi connectivity index (χ1v) is 6.62. The van der Waals surface area contributed by atoms with Gasteiger partial charge < -0.3 is 10.6 Å². The van der Waals surface area contributed by atoms with Gasteiger partial charge in [-0.25, -0.2) is 0 Å². The molecule has 2 heterocycles. The van der Waals surface area contributed by atoms with Crippen molar-refractivity contribution in [2.75, 3.05) is 6.54 Å². The van der Waals surface area contributed by atoms with Crippen molar-refractivity contribution in [1.29, 1.82) is 0 Å². The van der Waals surface area contributed by atoms with E-state index in [9.17, 15) is 9.59 Å². The molecule has 1 aromatic carbocycles. The highest BCUT2D eigenvalue weighted by atomic mass is 16.2. The van der Waals surface area contributed by atoms with Crippen LogP contribution < -0.4 is 5.73 Å². The molecule has 1 fully saturated rings. The van der Waals surface area contributed by atoms with E-state index in [0.29, 0.717) is 18.7 Å². The number of amides is 2. The van der Waals surface area contributed by atoms with Gasteiger partial charge in [0, 0.05) is 18.1 Å². The number of carbonyl (C=O) groups is 2. The van der Waals surface area contributed by atoms with Crippen molar-refractivity contribution in [2.24, 2.45) is 5.73 Å². The van der Waals surface area contributed by atoms with Crippen LogP contribution in [0.5, 0.6) is 0 Å². The Morgan fingerprint density at radius 1 is 1.25 bits per heavy atom. The third kappa shape index (κ3) is 2.11. The summed E-state index contributed by atoms with van der Waals surface area (Å²) in [5.41, 5.74) is 5.70. The monoisotopic (exact) mass is 269 g/mol. The molecule has 1 atom stereocenters. The average molecular weight is 269 g/mol. The van der Waals surface area contributed by atoms with E-state index in [0.717, 1.165) is 17.2 Å². The van der Waals surface area contributed by atoms with Crippen LogP contribution in [-0.2, 0) is 4.79 Å². The molecule has 0 spiro atoms. The first-order chi connectivity index (χ1) is 9.66. The molecule has 2 N–H and O–H groups in total. The molecule has 0 saturated carbocycles. The maximum Gasteiger partial charge on any atom is 0.273 e. The molecule has 2 amide bonds. The average Bonchev–Trinajstić information content (AvgIpc) is 2.95. The molecule has 102 valence electrons. The summed E-state index contributed by atoms with van der Waals surface area (Å²) in [4.78, 5) is 29.6. The van der Waals surface area contributed by atoms with Gasteiger partial charge in [0.15, 0.2) is 0 Å². The second-order valence-electron chi connectivity index (χ2n) is 4.98. The highest BCUT2D eigenvalue weighted by molar-refractivity contribution is 5.98. The van der Waals surface area contributed by atoms with Crippen molar-refractivity contribution < 1.29 is 9.59 Å². The largest absolute Gasteiger partial charge is 0.368 e. The lowest BCUT2D eigenvalue weighted by Gasteiger charge is -2.21. The summed E-state index contributed by atoms with van der Waals surface area (Å²) in [5, 5.41) is 1.94. The number of primary amides is 1. The second kappa shape index (κ2) is 4.92. The summed E-state index contributed by atoms with van der Waals surface area (Å²) in [6, 6.07) is 8.97. The molecule has 5 nitrogen and oxygen atoms in total. The Morgan fingerprint density at radius 2 is 2.00 bits per heavy atom. The zero-order chi connectivity index (χ0) is 14.1. The van der Waals surface area contributed by atoms with E-state index >= 15 is 0 Å². The van der Waals surface area contributed by atoms with Crippen LogP contribution in [0.15, 0.2) is 36.5 Å². The summed E-state index contributed by atoms with van der Waals surface area (Å²) in [5.74, 6) is -0.673. The molecule has 1 saturated heterocycles. The van der Waals surface area contributed by atoms with Crippen molar-refractivity contribution in [2.45, 2.75) is 18.9 Å². The van der Waals surface area contributed by atoms with Crippen LogP contribution >= 0.6 is 0 Å². The predicted octanol–water partition coefficient (Wildman–Crippen LogP) is 1.32. The van der Waals surface area contributed by atoms with Gasteiger partial charge in [-0.1, -0.05) is 24.3 Å². The van der Waals surface area contributed by atoms with E-state index in [1.165, 1.54) is 4.90 Å². The van der Waals surface area contributed by atoms with Gasteiger partial charge in [0.1, 0.15) is 11.7 Å². The van der Waals surface area contributed by atoms with E-state index in [1.807, 2.05) is 24.3 Å². The van der Waals surface area contributed by atoms with E-state index in [2.05, 4.69) is 4.98 Å². The number of nitrogens with two attached hydrogens (primary N) is 1. The maximum absolute atomic E-state index is 12.5. The molecular weight excluding hydrogens is 254 g/mol. The van der Waals surface area contributed by atoms with Gasteiger partial charge in [0.05, 0.1) is 0 Å². The molecule has 20 heavy (non-hydrogen) atoms. The summed E-state index contributed by atoms with van der Waals surface area (Å²) in [7, 11) is 0. The molecule has 1 aliphatic rings. The zero-order valence-corrected chi connectivity index (χ0v) is 11.0. The minimum absolute atomic E-state index is 0.225. The molecule has 1 aromatic heterocycles. The lowest BCUT2D eigenvalue weighted by molar-refractivity contribution is -0.121. The lowest BCUT2D eigenvalue weighted by Crippen LogP contribution is -2.43. The summed E-state index contributed by atoms with van der Waals surface area (Å²) < 4.78 is 0. The van der Waals surface area contributed by atoms with Gasteiger partial charge in [-0.3, -0.25) is 14.6 Å². The standard InChI is InChI=1S/C15H15N3O2/c16-14(19)13-6-3-7-18(13)15(20)12-8-10-4-1-2-5-11(10)9-17-12/h1-2,4-5,8-9,13H,3,6-7H2,(H2,16,19). The molecule has 5 heteroatoms. The fourth-order valence-electron chi connectivity index (χ4n) is 2.65. The number of rotatable bonds is 2. The SMILES string of the molecule is NC(=O)C1CCCN1C(=O)c1cc2ccccc2cn1. The smallest absolute Gasteiger partial charge is 0.273 e. The van der Waals surface area contributed by atoms with Gasteiger partial charge >= 0.3 is 0 Å². The number of pyridine rings is 1. The van der Waals surface area contributed by atoms with Crippen LogP contribution in [0.1, 0.15) is 23.3 Å². The number of benzene rings is 1. The Balaban J connectivity index is 1.94. The molecule has 2 aromatic rings. The van der Waals surface area contributed by atoms with Crippen LogP contribution in [0, 0.1) is 0 Å². The number of hydrogen-bond donors (Lipinski definition) is 1. The van der Waals surface area contributed by atoms with Crippen LogP contribution in [0.25, 0.3) is 10.8 Å². The van der Waals surface area contributed by atoms with Crippen molar-refractivity contribution in [3.05, 3.63) is 42.2 Å². The molecule has 0 aliphatic carbocycles. The highest BCUT2D eigenvalue weighted by Gasteiger charge is 2.33. The quantitative estimate of drug-likeness (QED) is 0.893. The topological polar surface area (TPSA) is 76.3 Å². The molecule has 1 aliphatic heterocycles. The van der Waals surface area contributed by atoms with Crippen LogP contribution in [-0.4, -0.2) is 34.3 Å². The molecule has 0 bridgehead atoms. The van der Waals surface area contributed by atoms with Crippen molar-refractivity contribution in [3.8, 4) is 0 Å². The normalized spacial score (nSPS) is 18.4. The van der Waals surface area contributed by atoms with Crippen LogP contribution in [0.3, 0.4) is 0 Å². The number of fused-ring (bicyclic) bond motifs is 1. The molecular formula is C15H15N3O2. The highest BCUT2D eigenvalue weighted by Crippen LogP contribution is 2.21. The Labute approximate surface area is 116 Å². The number of likely N-dealkylation sites (tertiary alicyclic amines) is 1. The van der Waals surface area contributed by atoms with Gasteiger partial charge in [0.2, 0.25) is 5.91 Å². The fraction of sp³-hybridized carbons (Fsp3) is 0.267. The minimum Gasteiger partial charge on any atom is -0.368 e. The van der Waals surface area contributed by atoms with Crippen molar-refractivity contribution in [1.82, 2.24) is 9.88 Å². The lowest BCUT2D eigenvalue weighted by atomic mass is 10.1. The minimum atomic E-state index is -0.504. The number of nitrogens with zero attached hydrogens (tertiary/aromatic N) is 2. The van der Waals surface area contributed by atoms with Crippen molar-refractivity contribution in [3.63, 3.8) is 0 Å². The van der Waals surface area contributed by atoms with Crippen LogP contribution in [0.4, 0.5) is 0 Å². The predicted molar refractivity (Wildman–Crippen MR) is 75.0 cm³/mol. The summed E-state index contributed by atoms with van der Waals surface area (Å²) >= 11 is 0. The van der Waals surface area contributed by atoms with Crippen molar-refractivity contribution >= 4 is 22.6 Å². The Hall–Kier alpha value is -2.43. The van der Waals surface area contributed by atoms with Gasteiger partial charge in [-0.2, -0.15) is 0 Å². The Bertz CT molecular complexity index is 684. The summed E-state index contributed by atoms with van der Waals surface area (Å²) in [6.45, 7) is 0.556. The third-order valence-corrected chi connectivity index (χ3v) is 3.69. The van der Waals surface area contributed by atoms with E-state index in [1.54, 1.807) is 12.3 Å². The van der Waals surface area contributed by atoms with E-state index in [4.69, 9.17) is 5.73 Å². The Kier molecular flexibility index (Phi) is 3.10. The van der Waals surface area contributed by atoms with Gasteiger partial charge in [-0.15, -0.1) is 0 Å². The van der Waals surface area contributed by atoms with Crippen LogP contribution in [0.2, 0.25) is 0 Å². The second-order valence-corrected chi connectivity index (χ2v) is 4.98. The zero-order valence-electron chi connectivity index (χ0n) is 11.0. The number of aromatic nitrogens is 1. The molecule has 3 rings (SSSR count). The van der Waals surface area contributed by atoms with Gasteiger partial charge in [0.25, 0.3) is 5.91 Å². The van der Waals surface area contributed by atoms with Gasteiger partial charge in [-0.05, 0) is 24.3 Å². The Morgan fingerprint density at radius 3 is 2.75 bits per heavy atom. The summed E-state index contributed by atoms with van der Waals surface area (Å²) in [6.07, 6.45) is 3.11. The third-order valence-electron chi connectivity index (χ3n) is 3.69.